The van der Waals surface area contributed by atoms with Crippen LogP contribution >= 0.6 is 0 Å². The standard InChI is InChI=1S/C14H21N3O2/c1-11-7-16-13(6-14(18)19)10-17(8-11)9-12-2-4-15-5-3-12/h2-5,11,13,16H,6-10H2,1H3,(H,18,19). The molecule has 0 radical (unpaired) electrons. The van der Waals surface area contributed by atoms with E-state index in [-0.39, 0.29) is 12.5 Å². The predicted molar refractivity (Wildman–Crippen MR) is 72.7 cm³/mol. The number of hydrogen-bond acceptors (Lipinski definition) is 4. The minimum Gasteiger partial charge on any atom is -0.481 e. The number of carboxylic acid groups (broad SMARTS) is 1. The molecule has 1 saturated heterocycles. The molecule has 2 unspecified atom stereocenters. The largest absolute Gasteiger partial charge is 0.481 e. The van der Waals surface area contributed by atoms with E-state index >= 15 is 0 Å². The number of nitrogens with zero attached hydrogens (tertiary/aromatic N) is 2. The van der Waals surface area contributed by atoms with Crippen molar-refractivity contribution in [2.24, 2.45) is 5.92 Å². The van der Waals surface area contributed by atoms with E-state index in [1.807, 2.05) is 12.1 Å². The fraction of sp³-hybridized carbons (Fsp3) is 0.571. The number of carboxylic acids is 1. The molecule has 1 fully saturated rings. The summed E-state index contributed by atoms with van der Waals surface area (Å²) in [6.07, 6.45) is 3.77. The fourth-order valence-electron chi connectivity index (χ4n) is 2.55. The molecule has 2 atom stereocenters. The first kappa shape index (κ1) is 14.0. The van der Waals surface area contributed by atoms with E-state index in [0.717, 1.165) is 26.2 Å². The summed E-state index contributed by atoms with van der Waals surface area (Å²) in [6, 6.07) is 4.05. The van der Waals surface area contributed by atoms with E-state index < -0.39 is 5.97 Å². The Hall–Kier alpha value is -1.46. The van der Waals surface area contributed by atoms with Crippen LogP contribution in [0.2, 0.25) is 0 Å². The van der Waals surface area contributed by atoms with Crippen LogP contribution in [0.25, 0.3) is 0 Å². The Morgan fingerprint density at radius 2 is 2.21 bits per heavy atom. The molecule has 5 nitrogen and oxygen atoms in total. The summed E-state index contributed by atoms with van der Waals surface area (Å²) in [5, 5.41) is 12.3. The Labute approximate surface area is 113 Å². The van der Waals surface area contributed by atoms with Crippen LogP contribution in [-0.4, -0.2) is 46.6 Å². The highest BCUT2D eigenvalue weighted by molar-refractivity contribution is 5.67. The lowest BCUT2D eigenvalue weighted by molar-refractivity contribution is -0.137. The minimum absolute atomic E-state index is 0.0317. The van der Waals surface area contributed by atoms with E-state index in [4.69, 9.17) is 5.11 Å². The Morgan fingerprint density at radius 1 is 1.47 bits per heavy atom. The smallest absolute Gasteiger partial charge is 0.304 e. The fourth-order valence-corrected chi connectivity index (χ4v) is 2.55. The third kappa shape index (κ3) is 4.61. The zero-order valence-electron chi connectivity index (χ0n) is 11.2. The average molecular weight is 263 g/mol. The molecule has 0 saturated carbocycles. The normalized spacial score (nSPS) is 24.9. The molecule has 0 amide bonds. The molecule has 0 spiro atoms. The highest BCUT2D eigenvalue weighted by Gasteiger charge is 2.23. The van der Waals surface area contributed by atoms with Crippen LogP contribution in [0.5, 0.6) is 0 Å². The van der Waals surface area contributed by atoms with Crippen LogP contribution in [0.1, 0.15) is 18.9 Å². The van der Waals surface area contributed by atoms with Crippen molar-refractivity contribution in [2.75, 3.05) is 19.6 Å². The first-order valence-electron chi connectivity index (χ1n) is 6.70. The van der Waals surface area contributed by atoms with Gasteiger partial charge >= 0.3 is 5.97 Å². The zero-order chi connectivity index (χ0) is 13.7. The topological polar surface area (TPSA) is 65.5 Å². The van der Waals surface area contributed by atoms with Gasteiger partial charge < -0.3 is 10.4 Å². The predicted octanol–water partition coefficient (Wildman–Crippen LogP) is 0.966. The lowest BCUT2D eigenvalue weighted by atomic mass is 10.1. The zero-order valence-corrected chi connectivity index (χ0v) is 11.2. The Balaban J connectivity index is 1.98. The van der Waals surface area contributed by atoms with E-state index in [2.05, 4.69) is 22.1 Å². The first-order valence-corrected chi connectivity index (χ1v) is 6.70. The Bertz CT molecular complexity index is 410. The van der Waals surface area contributed by atoms with Crippen molar-refractivity contribution in [3.05, 3.63) is 30.1 Å². The van der Waals surface area contributed by atoms with Gasteiger partial charge in [0.1, 0.15) is 0 Å². The molecule has 2 rings (SSSR count). The number of carbonyl (C=O) groups is 1. The summed E-state index contributed by atoms with van der Waals surface area (Å²) in [5.41, 5.74) is 1.22. The second-order valence-electron chi connectivity index (χ2n) is 5.36. The Kier molecular flexibility index (Phi) is 4.87. The SMILES string of the molecule is CC1CNC(CC(=O)O)CN(Cc2ccncc2)C1. The lowest BCUT2D eigenvalue weighted by Gasteiger charge is -2.24. The summed E-state index contributed by atoms with van der Waals surface area (Å²) in [5.74, 6) is -0.212. The average Bonchev–Trinajstić information content (AvgIpc) is 2.52. The van der Waals surface area contributed by atoms with Gasteiger partial charge in [-0.25, -0.2) is 0 Å². The number of aliphatic carboxylic acids is 1. The summed E-state index contributed by atoms with van der Waals surface area (Å²) < 4.78 is 0. The third-order valence-corrected chi connectivity index (χ3v) is 3.38. The van der Waals surface area contributed by atoms with Gasteiger partial charge in [-0.3, -0.25) is 14.7 Å². The van der Waals surface area contributed by atoms with Gasteiger partial charge in [0.05, 0.1) is 6.42 Å². The van der Waals surface area contributed by atoms with Gasteiger partial charge in [-0.2, -0.15) is 0 Å². The van der Waals surface area contributed by atoms with Gasteiger partial charge in [0.15, 0.2) is 0 Å². The van der Waals surface area contributed by atoms with Crippen molar-refractivity contribution in [1.82, 2.24) is 15.2 Å². The lowest BCUT2D eigenvalue weighted by Crippen LogP contribution is -2.38. The molecule has 1 aliphatic heterocycles. The van der Waals surface area contributed by atoms with Crippen LogP contribution in [0.4, 0.5) is 0 Å². The van der Waals surface area contributed by atoms with Crippen molar-refractivity contribution >= 4 is 5.97 Å². The number of nitrogens with one attached hydrogen (secondary N) is 1. The molecule has 2 N–H and O–H groups in total. The number of aromatic nitrogens is 1. The molecule has 19 heavy (non-hydrogen) atoms. The highest BCUT2D eigenvalue weighted by Crippen LogP contribution is 2.12. The van der Waals surface area contributed by atoms with Gasteiger partial charge in [-0.1, -0.05) is 6.92 Å². The van der Waals surface area contributed by atoms with E-state index in [1.165, 1.54) is 5.56 Å². The monoisotopic (exact) mass is 263 g/mol. The van der Waals surface area contributed by atoms with Gasteiger partial charge in [-0.15, -0.1) is 0 Å². The minimum atomic E-state index is -0.740. The summed E-state index contributed by atoms with van der Waals surface area (Å²) in [7, 11) is 0. The molecule has 104 valence electrons. The van der Waals surface area contributed by atoms with Crippen molar-refractivity contribution in [2.45, 2.75) is 25.9 Å². The van der Waals surface area contributed by atoms with E-state index in [9.17, 15) is 4.79 Å². The molecule has 0 bridgehead atoms. The van der Waals surface area contributed by atoms with Gasteiger partial charge in [0, 0.05) is 38.1 Å². The Morgan fingerprint density at radius 3 is 2.89 bits per heavy atom. The van der Waals surface area contributed by atoms with Gasteiger partial charge in [-0.05, 0) is 30.2 Å². The second-order valence-corrected chi connectivity index (χ2v) is 5.36. The molecular weight excluding hydrogens is 242 g/mol. The summed E-state index contributed by atoms with van der Waals surface area (Å²) in [4.78, 5) is 17.2. The molecular formula is C14H21N3O2. The molecule has 1 aliphatic rings. The van der Waals surface area contributed by atoms with Crippen LogP contribution in [0, 0.1) is 5.92 Å². The molecule has 0 aliphatic carbocycles. The van der Waals surface area contributed by atoms with Gasteiger partial charge in [0.2, 0.25) is 0 Å². The van der Waals surface area contributed by atoms with Crippen LogP contribution in [0.15, 0.2) is 24.5 Å². The second kappa shape index (κ2) is 6.63. The van der Waals surface area contributed by atoms with Crippen molar-refractivity contribution in [3.63, 3.8) is 0 Å². The van der Waals surface area contributed by atoms with E-state index in [0.29, 0.717) is 5.92 Å². The summed E-state index contributed by atoms with van der Waals surface area (Å²) >= 11 is 0. The maximum atomic E-state index is 10.9. The van der Waals surface area contributed by atoms with Crippen LogP contribution in [-0.2, 0) is 11.3 Å². The third-order valence-electron chi connectivity index (χ3n) is 3.38. The number of hydrogen-bond donors (Lipinski definition) is 2. The van der Waals surface area contributed by atoms with E-state index in [1.54, 1.807) is 12.4 Å². The van der Waals surface area contributed by atoms with Crippen molar-refractivity contribution in [3.8, 4) is 0 Å². The van der Waals surface area contributed by atoms with Gasteiger partial charge in [0.25, 0.3) is 0 Å². The quantitative estimate of drug-likeness (QED) is 0.847. The first-order chi connectivity index (χ1) is 9.13. The molecule has 0 aromatic carbocycles. The maximum Gasteiger partial charge on any atom is 0.304 e. The van der Waals surface area contributed by atoms with Crippen molar-refractivity contribution in [1.29, 1.82) is 0 Å². The molecule has 5 heteroatoms. The maximum absolute atomic E-state index is 10.9. The summed E-state index contributed by atoms with van der Waals surface area (Å²) in [6.45, 7) is 5.69. The molecule has 1 aromatic rings. The highest BCUT2D eigenvalue weighted by atomic mass is 16.4. The van der Waals surface area contributed by atoms with Crippen LogP contribution < -0.4 is 5.32 Å². The van der Waals surface area contributed by atoms with Crippen LogP contribution in [0.3, 0.4) is 0 Å². The van der Waals surface area contributed by atoms with Crippen molar-refractivity contribution < 1.29 is 9.90 Å². The molecule has 1 aromatic heterocycles. The molecule has 2 heterocycles. The number of rotatable bonds is 4. The number of pyridine rings is 1.